The van der Waals surface area contributed by atoms with Gasteiger partial charge in [0.1, 0.15) is 11.5 Å². The largest absolute Gasteiger partial charge is 0.463 e. The SMILES string of the molecule is Cc1nc2cc(-c3ccco3)nn2c(NCCN)c1C. The maximum Gasteiger partial charge on any atom is 0.158 e. The highest BCUT2D eigenvalue weighted by atomic mass is 16.3. The minimum Gasteiger partial charge on any atom is -0.463 e. The lowest BCUT2D eigenvalue weighted by molar-refractivity contribution is 0.579. The Morgan fingerprint density at radius 1 is 1.40 bits per heavy atom. The molecule has 0 radical (unpaired) electrons. The summed E-state index contributed by atoms with van der Waals surface area (Å²) in [7, 11) is 0. The Morgan fingerprint density at radius 3 is 2.95 bits per heavy atom. The third kappa shape index (κ3) is 2.04. The van der Waals surface area contributed by atoms with Crippen LogP contribution in [0, 0.1) is 13.8 Å². The molecule has 0 spiro atoms. The van der Waals surface area contributed by atoms with Gasteiger partial charge in [0.2, 0.25) is 0 Å². The maximum atomic E-state index is 5.57. The highest BCUT2D eigenvalue weighted by Gasteiger charge is 2.14. The molecule has 0 amide bonds. The van der Waals surface area contributed by atoms with E-state index in [2.05, 4.69) is 15.4 Å². The Kier molecular flexibility index (Phi) is 3.15. The van der Waals surface area contributed by atoms with Crippen molar-refractivity contribution in [1.82, 2.24) is 14.6 Å². The number of anilines is 1. The third-order valence-corrected chi connectivity index (χ3v) is 3.29. The topological polar surface area (TPSA) is 81.4 Å². The molecule has 0 fully saturated rings. The van der Waals surface area contributed by atoms with Crippen molar-refractivity contribution in [2.45, 2.75) is 13.8 Å². The van der Waals surface area contributed by atoms with E-state index in [9.17, 15) is 0 Å². The van der Waals surface area contributed by atoms with Crippen molar-refractivity contribution in [2.24, 2.45) is 5.73 Å². The monoisotopic (exact) mass is 271 g/mol. The van der Waals surface area contributed by atoms with Gasteiger partial charge in [-0.05, 0) is 26.0 Å². The smallest absolute Gasteiger partial charge is 0.158 e. The van der Waals surface area contributed by atoms with Crippen molar-refractivity contribution in [3.8, 4) is 11.5 Å². The van der Waals surface area contributed by atoms with Crippen molar-refractivity contribution < 1.29 is 4.42 Å². The van der Waals surface area contributed by atoms with Crippen LogP contribution in [0.4, 0.5) is 5.82 Å². The summed E-state index contributed by atoms with van der Waals surface area (Å²) in [6.07, 6.45) is 1.64. The van der Waals surface area contributed by atoms with Crippen molar-refractivity contribution in [3.05, 3.63) is 35.7 Å². The normalized spacial score (nSPS) is 11.2. The standard InChI is InChI=1S/C14H17N5O/c1-9-10(2)17-13-8-11(12-4-3-7-20-12)18-19(13)14(9)16-6-5-15/h3-4,7-8,16H,5-6,15H2,1-2H3. The van der Waals surface area contributed by atoms with E-state index < -0.39 is 0 Å². The fourth-order valence-corrected chi connectivity index (χ4v) is 2.14. The number of nitrogens with one attached hydrogen (secondary N) is 1. The van der Waals surface area contributed by atoms with E-state index >= 15 is 0 Å². The fourth-order valence-electron chi connectivity index (χ4n) is 2.14. The summed E-state index contributed by atoms with van der Waals surface area (Å²) in [6.45, 7) is 5.27. The van der Waals surface area contributed by atoms with Gasteiger partial charge in [-0.25, -0.2) is 4.98 Å². The van der Waals surface area contributed by atoms with E-state index in [1.807, 2.05) is 32.0 Å². The molecule has 0 saturated heterocycles. The molecule has 3 rings (SSSR count). The number of fused-ring (bicyclic) bond motifs is 1. The van der Waals surface area contributed by atoms with E-state index in [0.717, 1.165) is 34.2 Å². The molecule has 0 aliphatic heterocycles. The molecule has 104 valence electrons. The predicted molar refractivity (Wildman–Crippen MR) is 77.7 cm³/mol. The third-order valence-electron chi connectivity index (χ3n) is 3.29. The molecule has 0 aliphatic rings. The van der Waals surface area contributed by atoms with Gasteiger partial charge in [-0.3, -0.25) is 0 Å². The average Bonchev–Trinajstić information content (AvgIpc) is 3.07. The number of hydrogen-bond donors (Lipinski definition) is 2. The summed E-state index contributed by atoms with van der Waals surface area (Å²) in [6, 6.07) is 5.64. The second kappa shape index (κ2) is 4.97. The molecule has 3 N–H and O–H groups in total. The minimum atomic E-state index is 0.564. The lowest BCUT2D eigenvalue weighted by Gasteiger charge is -2.12. The Bertz CT molecular complexity index is 730. The van der Waals surface area contributed by atoms with Crippen molar-refractivity contribution in [2.75, 3.05) is 18.4 Å². The predicted octanol–water partition coefficient (Wildman–Crippen LogP) is 1.98. The maximum absolute atomic E-state index is 5.57. The lowest BCUT2D eigenvalue weighted by Crippen LogP contribution is -2.17. The first-order valence-electron chi connectivity index (χ1n) is 6.55. The van der Waals surface area contributed by atoms with Crippen molar-refractivity contribution in [3.63, 3.8) is 0 Å². The van der Waals surface area contributed by atoms with E-state index in [1.54, 1.807) is 10.8 Å². The van der Waals surface area contributed by atoms with Crippen LogP contribution in [0.25, 0.3) is 17.1 Å². The van der Waals surface area contributed by atoms with Crippen molar-refractivity contribution >= 4 is 11.5 Å². The Balaban J connectivity index is 2.17. The van der Waals surface area contributed by atoms with E-state index in [-0.39, 0.29) is 0 Å². The summed E-state index contributed by atoms with van der Waals surface area (Å²) in [5.74, 6) is 1.66. The molecule has 20 heavy (non-hydrogen) atoms. The van der Waals surface area contributed by atoms with Crippen LogP contribution in [-0.4, -0.2) is 27.7 Å². The second-order valence-electron chi connectivity index (χ2n) is 4.66. The molecule has 0 aromatic carbocycles. The number of aryl methyl sites for hydroxylation is 1. The van der Waals surface area contributed by atoms with Crippen LogP contribution >= 0.6 is 0 Å². The lowest BCUT2D eigenvalue weighted by atomic mass is 10.2. The average molecular weight is 271 g/mol. The Morgan fingerprint density at radius 2 is 2.25 bits per heavy atom. The molecule has 3 aromatic heterocycles. The zero-order chi connectivity index (χ0) is 14.1. The van der Waals surface area contributed by atoms with Gasteiger partial charge in [-0.2, -0.15) is 9.61 Å². The second-order valence-corrected chi connectivity index (χ2v) is 4.66. The van der Waals surface area contributed by atoms with Gasteiger partial charge < -0.3 is 15.5 Å². The molecule has 3 aromatic rings. The molecule has 0 aliphatic carbocycles. The van der Waals surface area contributed by atoms with Gasteiger partial charge in [0.05, 0.1) is 6.26 Å². The molecule has 0 atom stereocenters. The molecule has 6 nitrogen and oxygen atoms in total. The van der Waals surface area contributed by atoms with Crippen molar-refractivity contribution in [1.29, 1.82) is 0 Å². The first-order valence-corrected chi connectivity index (χ1v) is 6.55. The van der Waals surface area contributed by atoms with Gasteiger partial charge in [-0.1, -0.05) is 0 Å². The number of hydrogen-bond acceptors (Lipinski definition) is 5. The summed E-state index contributed by atoms with van der Waals surface area (Å²) in [4.78, 5) is 4.56. The number of aromatic nitrogens is 3. The van der Waals surface area contributed by atoms with Crippen LogP contribution in [0.2, 0.25) is 0 Å². The number of nitrogens with two attached hydrogens (primary N) is 1. The summed E-state index contributed by atoms with van der Waals surface area (Å²) in [5.41, 5.74) is 9.17. The minimum absolute atomic E-state index is 0.564. The van der Waals surface area contributed by atoms with Gasteiger partial charge >= 0.3 is 0 Å². The molecular weight excluding hydrogens is 254 g/mol. The van der Waals surface area contributed by atoms with Gasteiger partial charge in [0, 0.05) is 30.4 Å². The van der Waals surface area contributed by atoms with Crippen LogP contribution in [0.5, 0.6) is 0 Å². The van der Waals surface area contributed by atoms with Gasteiger partial charge in [0.15, 0.2) is 11.4 Å². The van der Waals surface area contributed by atoms with Crippen LogP contribution < -0.4 is 11.1 Å². The quantitative estimate of drug-likeness (QED) is 0.758. The molecule has 3 heterocycles. The van der Waals surface area contributed by atoms with Crippen LogP contribution in [0.15, 0.2) is 28.9 Å². The number of furan rings is 1. The van der Waals surface area contributed by atoms with E-state index in [4.69, 9.17) is 10.2 Å². The van der Waals surface area contributed by atoms with Gasteiger partial charge in [0.25, 0.3) is 0 Å². The van der Waals surface area contributed by atoms with Crippen LogP contribution in [0.1, 0.15) is 11.3 Å². The van der Waals surface area contributed by atoms with Crippen LogP contribution in [-0.2, 0) is 0 Å². The van der Waals surface area contributed by atoms with E-state index in [0.29, 0.717) is 13.1 Å². The first-order chi connectivity index (χ1) is 9.70. The highest BCUT2D eigenvalue weighted by molar-refractivity contribution is 5.63. The Labute approximate surface area is 116 Å². The molecule has 0 unspecified atom stereocenters. The number of nitrogens with zero attached hydrogens (tertiary/aromatic N) is 3. The molecule has 6 heteroatoms. The zero-order valence-corrected chi connectivity index (χ0v) is 11.6. The number of rotatable bonds is 4. The van der Waals surface area contributed by atoms with Crippen LogP contribution in [0.3, 0.4) is 0 Å². The molecule has 0 saturated carbocycles. The zero-order valence-electron chi connectivity index (χ0n) is 11.6. The summed E-state index contributed by atoms with van der Waals surface area (Å²) in [5, 5.41) is 7.88. The fraction of sp³-hybridized carbons (Fsp3) is 0.286. The highest BCUT2D eigenvalue weighted by Crippen LogP contribution is 2.24. The van der Waals surface area contributed by atoms with Gasteiger partial charge in [-0.15, -0.1) is 0 Å². The van der Waals surface area contributed by atoms with E-state index in [1.165, 1.54) is 0 Å². The first kappa shape index (κ1) is 12.7. The summed E-state index contributed by atoms with van der Waals surface area (Å²) < 4.78 is 7.19. The molecule has 0 bridgehead atoms. The molecular formula is C14H17N5O. The summed E-state index contributed by atoms with van der Waals surface area (Å²) >= 11 is 0. The Hall–Kier alpha value is -2.34.